The predicted molar refractivity (Wildman–Crippen MR) is 75.6 cm³/mol. The first-order valence-electron chi connectivity index (χ1n) is 6.20. The van der Waals surface area contributed by atoms with Gasteiger partial charge in [0.1, 0.15) is 11.6 Å². The molecule has 19 heavy (non-hydrogen) atoms. The molecule has 0 saturated heterocycles. The van der Waals surface area contributed by atoms with Crippen molar-refractivity contribution in [1.82, 2.24) is 5.32 Å². The number of nitrogens with one attached hydrogen (secondary N) is 1. The lowest BCUT2D eigenvalue weighted by atomic mass is 10.2. The molecule has 0 atom stereocenters. The SMILES string of the molecule is COCCNCc1cc(F)c(SC(C)(C)C)c(F)c1. The zero-order valence-corrected chi connectivity index (χ0v) is 12.7. The molecule has 0 aliphatic carbocycles. The maximum absolute atomic E-state index is 13.9. The van der Waals surface area contributed by atoms with Gasteiger partial charge in [-0.05, 0) is 17.7 Å². The summed E-state index contributed by atoms with van der Waals surface area (Å²) >= 11 is 1.20. The molecule has 1 aromatic carbocycles. The van der Waals surface area contributed by atoms with Crippen LogP contribution in [0.1, 0.15) is 26.3 Å². The Bertz CT molecular complexity index is 395. The summed E-state index contributed by atoms with van der Waals surface area (Å²) in [5.41, 5.74) is 0.601. The molecule has 0 aliphatic heterocycles. The van der Waals surface area contributed by atoms with Crippen molar-refractivity contribution in [3.63, 3.8) is 0 Å². The van der Waals surface area contributed by atoms with Crippen molar-refractivity contribution in [2.75, 3.05) is 20.3 Å². The van der Waals surface area contributed by atoms with Crippen molar-refractivity contribution in [1.29, 1.82) is 0 Å². The smallest absolute Gasteiger partial charge is 0.140 e. The molecule has 0 aromatic heterocycles. The number of thioether (sulfide) groups is 1. The number of hydrogen-bond donors (Lipinski definition) is 1. The van der Waals surface area contributed by atoms with Gasteiger partial charge in [-0.2, -0.15) is 0 Å². The minimum Gasteiger partial charge on any atom is -0.383 e. The van der Waals surface area contributed by atoms with Crippen molar-refractivity contribution >= 4 is 11.8 Å². The Balaban J connectivity index is 2.73. The van der Waals surface area contributed by atoms with Crippen molar-refractivity contribution in [3.05, 3.63) is 29.3 Å². The van der Waals surface area contributed by atoms with Gasteiger partial charge < -0.3 is 10.1 Å². The minimum absolute atomic E-state index is 0.0909. The van der Waals surface area contributed by atoms with Crippen LogP contribution in [0.5, 0.6) is 0 Å². The molecule has 0 unspecified atom stereocenters. The van der Waals surface area contributed by atoms with Crippen LogP contribution >= 0.6 is 11.8 Å². The summed E-state index contributed by atoms with van der Waals surface area (Å²) in [7, 11) is 1.61. The van der Waals surface area contributed by atoms with E-state index in [1.165, 1.54) is 23.9 Å². The van der Waals surface area contributed by atoms with Crippen molar-refractivity contribution < 1.29 is 13.5 Å². The van der Waals surface area contributed by atoms with Crippen molar-refractivity contribution in [2.45, 2.75) is 37.0 Å². The Labute approximate surface area is 117 Å². The molecule has 0 radical (unpaired) electrons. The van der Waals surface area contributed by atoms with Crippen LogP contribution in [0.2, 0.25) is 0 Å². The van der Waals surface area contributed by atoms with E-state index in [2.05, 4.69) is 5.32 Å². The van der Waals surface area contributed by atoms with Gasteiger partial charge in [0.15, 0.2) is 0 Å². The van der Waals surface area contributed by atoms with Gasteiger partial charge in [0.2, 0.25) is 0 Å². The van der Waals surface area contributed by atoms with E-state index in [0.717, 1.165) is 0 Å². The summed E-state index contributed by atoms with van der Waals surface area (Å²) in [6, 6.07) is 2.77. The molecule has 1 rings (SSSR count). The Morgan fingerprint density at radius 3 is 2.26 bits per heavy atom. The first-order chi connectivity index (χ1) is 8.83. The molecular weight excluding hydrogens is 268 g/mol. The number of methoxy groups -OCH3 is 1. The Morgan fingerprint density at radius 1 is 1.21 bits per heavy atom. The standard InChI is InChI=1S/C14H21F2NOS/c1-14(2,3)19-13-11(15)7-10(8-12(13)16)9-17-5-6-18-4/h7-8,17H,5-6,9H2,1-4H3. The van der Waals surface area contributed by atoms with Crippen LogP contribution in [0.15, 0.2) is 17.0 Å². The molecule has 0 spiro atoms. The van der Waals surface area contributed by atoms with E-state index in [9.17, 15) is 8.78 Å². The Hall–Kier alpha value is -0.650. The largest absolute Gasteiger partial charge is 0.383 e. The van der Waals surface area contributed by atoms with E-state index >= 15 is 0 Å². The molecule has 1 aromatic rings. The first-order valence-corrected chi connectivity index (χ1v) is 7.01. The van der Waals surface area contributed by atoms with Crippen molar-refractivity contribution in [2.24, 2.45) is 0 Å². The van der Waals surface area contributed by atoms with Crippen molar-refractivity contribution in [3.8, 4) is 0 Å². The van der Waals surface area contributed by atoms with Crippen LogP contribution < -0.4 is 5.32 Å². The maximum atomic E-state index is 13.9. The van der Waals surface area contributed by atoms with E-state index < -0.39 is 11.6 Å². The highest BCUT2D eigenvalue weighted by atomic mass is 32.2. The molecule has 0 bridgehead atoms. The zero-order chi connectivity index (χ0) is 14.5. The van der Waals surface area contributed by atoms with Crippen LogP contribution in [-0.2, 0) is 11.3 Å². The van der Waals surface area contributed by atoms with Crippen LogP contribution in [0.4, 0.5) is 8.78 Å². The summed E-state index contributed by atoms with van der Waals surface area (Å²) < 4.78 is 32.5. The summed E-state index contributed by atoms with van der Waals surface area (Å²) in [6.45, 7) is 7.43. The number of rotatable bonds is 6. The average Bonchev–Trinajstić information content (AvgIpc) is 2.28. The van der Waals surface area contributed by atoms with Gasteiger partial charge >= 0.3 is 0 Å². The Morgan fingerprint density at radius 2 is 1.79 bits per heavy atom. The van der Waals surface area contributed by atoms with Gasteiger partial charge in [-0.25, -0.2) is 8.78 Å². The maximum Gasteiger partial charge on any atom is 0.140 e. The minimum atomic E-state index is -0.497. The molecule has 0 aliphatic rings. The summed E-state index contributed by atoms with van der Waals surface area (Å²) in [6.07, 6.45) is 0. The molecule has 2 nitrogen and oxygen atoms in total. The van der Waals surface area contributed by atoms with Gasteiger partial charge in [0.05, 0.1) is 11.5 Å². The van der Waals surface area contributed by atoms with Gasteiger partial charge in [0, 0.05) is 24.9 Å². The topological polar surface area (TPSA) is 21.3 Å². The number of hydrogen-bond acceptors (Lipinski definition) is 3. The fourth-order valence-electron chi connectivity index (χ4n) is 1.53. The predicted octanol–water partition coefficient (Wildman–Crippen LogP) is 3.59. The lowest BCUT2D eigenvalue weighted by molar-refractivity contribution is 0.199. The molecule has 0 fully saturated rings. The molecule has 108 valence electrons. The molecule has 1 N–H and O–H groups in total. The van der Waals surface area contributed by atoms with E-state index in [1.54, 1.807) is 7.11 Å². The van der Waals surface area contributed by atoms with E-state index in [-0.39, 0.29) is 9.64 Å². The summed E-state index contributed by atoms with van der Waals surface area (Å²) in [4.78, 5) is 0.0909. The molecule has 0 heterocycles. The lowest BCUT2D eigenvalue weighted by Crippen LogP contribution is -2.19. The van der Waals surface area contributed by atoms with Crippen LogP contribution in [0.3, 0.4) is 0 Å². The highest BCUT2D eigenvalue weighted by Gasteiger charge is 2.19. The lowest BCUT2D eigenvalue weighted by Gasteiger charge is -2.19. The third-order valence-corrected chi connectivity index (χ3v) is 3.48. The van der Waals surface area contributed by atoms with Crippen LogP contribution in [0.25, 0.3) is 0 Å². The average molecular weight is 289 g/mol. The van der Waals surface area contributed by atoms with E-state index in [4.69, 9.17) is 4.74 Å². The molecule has 5 heteroatoms. The number of ether oxygens (including phenoxy) is 1. The number of halogens is 2. The molecule has 0 amide bonds. The van der Waals surface area contributed by atoms with Gasteiger partial charge in [-0.1, -0.05) is 20.8 Å². The zero-order valence-electron chi connectivity index (χ0n) is 11.8. The molecule has 0 saturated carbocycles. The third kappa shape index (κ3) is 5.89. The normalized spacial score (nSPS) is 11.9. The first kappa shape index (κ1) is 16.4. The summed E-state index contributed by atoms with van der Waals surface area (Å²) in [5, 5.41) is 3.06. The molecular formula is C14H21F2NOS. The van der Waals surface area contributed by atoms with Gasteiger partial charge in [-0.3, -0.25) is 0 Å². The highest BCUT2D eigenvalue weighted by Crippen LogP contribution is 2.35. The third-order valence-electron chi connectivity index (χ3n) is 2.28. The fourth-order valence-corrected chi connectivity index (χ4v) is 2.45. The van der Waals surface area contributed by atoms with Gasteiger partial charge in [0.25, 0.3) is 0 Å². The van der Waals surface area contributed by atoms with E-state index in [0.29, 0.717) is 25.3 Å². The quantitative estimate of drug-likeness (QED) is 0.639. The van der Waals surface area contributed by atoms with Gasteiger partial charge in [-0.15, -0.1) is 11.8 Å². The van der Waals surface area contributed by atoms with E-state index in [1.807, 2.05) is 20.8 Å². The fraction of sp³-hybridized carbons (Fsp3) is 0.571. The Kier molecular flexibility index (Phi) is 6.23. The second-order valence-electron chi connectivity index (χ2n) is 5.27. The second-order valence-corrected chi connectivity index (χ2v) is 7.11. The number of benzene rings is 1. The second kappa shape index (κ2) is 7.22. The summed E-state index contributed by atoms with van der Waals surface area (Å²) in [5.74, 6) is -0.994. The monoisotopic (exact) mass is 289 g/mol. The van der Waals surface area contributed by atoms with Crippen LogP contribution in [0, 0.1) is 11.6 Å². The highest BCUT2D eigenvalue weighted by molar-refractivity contribution is 8.00. The van der Waals surface area contributed by atoms with Crippen LogP contribution in [-0.4, -0.2) is 25.0 Å².